The molecule has 0 bridgehead atoms. The molecule has 1 aromatic carbocycles. The minimum Gasteiger partial charge on any atom is -0.371 e. The summed E-state index contributed by atoms with van der Waals surface area (Å²) in [6, 6.07) is 7.90. The zero-order chi connectivity index (χ0) is 13.4. The SMILES string of the molecule is CCc1c(N2CCCC2)c2ccccc2n(N)c1=O. The third-order valence-electron chi connectivity index (χ3n) is 3.96. The molecule has 1 aromatic heterocycles. The molecule has 2 heterocycles. The first-order valence-corrected chi connectivity index (χ1v) is 6.90. The van der Waals surface area contributed by atoms with E-state index in [-0.39, 0.29) is 5.56 Å². The minimum atomic E-state index is -0.0666. The van der Waals surface area contributed by atoms with Gasteiger partial charge in [0.05, 0.1) is 11.2 Å². The van der Waals surface area contributed by atoms with E-state index in [9.17, 15) is 4.79 Å². The maximum absolute atomic E-state index is 12.4. The molecule has 0 amide bonds. The fourth-order valence-electron chi connectivity index (χ4n) is 3.02. The van der Waals surface area contributed by atoms with E-state index >= 15 is 0 Å². The highest BCUT2D eigenvalue weighted by atomic mass is 16.1. The standard InChI is InChI=1S/C15H19N3O/c1-2-11-14(17-9-5-6-10-17)12-7-3-4-8-13(12)18(16)15(11)19/h3-4,7-8H,2,5-6,9-10,16H2,1H3. The molecule has 2 N–H and O–H groups in total. The van der Waals surface area contributed by atoms with Crippen LogP contribution < -0.4 is 16.3 Å². The number of pyridine rings is 1. The van der Waals surface area contributed by atoms with Gasteiger partial charge < -0.3 is 10.7 Å². The monoisotopic (exact) mass is 257 g/mol. The summed E-state index contributed by atoms with van der Waals surface area (Å²) >= 11 is 0. The van der Waals surface area contributed by atoms with Crippen molar-refractivity contribution in [1.82, 2.24) is 4.68 Å². The van der Waals surface area contributed by atoms with Crippen LogP contribution in [0, 0.1) is 0 Å². The Balaban J connectivity index is 2.39. The van der Waals surface area contributed by atoms with Crippen molar-refractivity contribution in [1.29, 1.82) is 0 Å². The number of para-hydroxylation sites is 1. The number of aromatic nitrogens is 1. The third kappa shape index (κ3) is 1.79. The first-order chi connectivity index (χ1) is 9.24. The first-order valence-electron chi connectivity index (χ1n) is 6.90. The predicted octanol–water partition coefficient (Wildman–Crippen LogP) is 1.88. The molecule has 0 saturated carbocycles. The lowest BCUT2D eigenvalue weighted by molar-refractivity contribution is 0.902. The van der Waals surface area contributed by atoms with Gasteiger partial charge in [-0.1, -0.05) is 25.1 Å². The summed E-state index contributed by atoms with van der Waals surface area (Å²) in [5.74, 6) is 5.95. The molecule has 0 radical (unpaired) electrons. The molecule has 1 aliphatic rings. The van der Waals surface area contributed by atoms with E-state index < -0.39 is 0 Å². The minimum absolute atomic E-state index is 0.0666. The molecule has 4 nitrogen and oxygen atoms in total. The van der Waals surface area contributed by atoms with Crippen molar-refractivity contribution >= 4 is 16.6 Å². The number of hydrogen-bond donors (Lipinski definition) is 1. The predicted molar refractivity (Wildman–Crippen MR) is 79.2 cm³/mol. The fourth-order valence-corrected chi connectivity index (χ4v) is 3.02. The molecule has 100 valence electrons. The van der Waals surface area contributed by atoms with Crippen LogP contribution in [0.4, 0.5) is 5.69 Å². The third-order valence-corrected chi connectivity index (χ3v) is 3.96. The van der Waals surface area contributed by atoms with Gasteiger partial charge in [-0.2, -0.15) is 0 Å². The van der Waals surface area contributed by atoms with Crippen LogP contribution in [0.1, 0.15) is 25.3 Å². The molecule has 0 spiro atoms. The number of fused-ring (bicyclic) bond motifs is 1. The second kappa shape index (κ2) is 4.61. The van der Waals surface area contributed by atoms with Crippen LogP contribution in [0.15, 0.2) is 29.1 Å². The number of hydrogen-bond acceptors (Lipinski definition) is 3. The summed E-state index contributed by atoms with van der Waals surface area (Å²) in [5.41, 5.74) is 2.68. The average molecular weight is 257 g/mol. The molecule has 0 unspecified atom stereocenters. The number of nitrogens with two attached hydrogens (primary N) is 1. The van der Waals surface area contributed by atoms with Gasteiger partial charge in [0.2, 0.25) is 0 Å². The molecule has 1 saturated heterocycles. The maximum atomic E-state index is 12.4. The Kier molecular flexibility index (Phi) is 2.93. The Morgan fingerprint density at radius 1 is 1.21 bits per heavy atom. The van der Waals surface area contributed by atoms with Crippen molar-refractivity contribution in [2.45, 2.75) is 26.2 Å². The summed E-state index contributed by atoms with van der Waals surface area (Å²) in [6.07, 6.45) is 3.11. The topological polar surface area (TPSA) is 51.3 Å². The largest absolute Gasteiger partial charge is 0.371 e. The number of anilines is 1. The summed E-state index contributed by atoms with van der Waals surface area (Å²) in [7, 11) is 0. The van der Waals surface area contributed by atoms with E-state index in [4.69, 9.17) is 5.84 Å². The number of nitrogens with zero attached hydrogens (tertiary/aromatic N) is 2. The van der Waals surface area contributed by atoms with Gasteiger partial charge >= 0.3 is 0 Å². The second-order valence-electron chi connectivity index (χ2n) is 5.07. The zero-order valence-electron chi connectivity index (χ0n) is 11.2. The molecule has 4 heteroatoms. The molecular formula is C15H19N3O. The molecule has 0 aliphatic carbocycles. The van der Waals surface area contributed by atoms with Crippen molar-refractivity contribution in [3.05, 3.63) is 40.2 Å². The van der Waals surface area contributed by atoms with Crippen LogP contribution in [0.5, 0.6) is 0 Å². The second-order valence-corrected chi connectivity index (χ2v) is 5.07. The Hall–Kier alpha value is -1.97. The van der Waals surface area contributed by atoms with E-state index in [1.165, 1.54) is 17.5 Å². The summed E-state index contributed by atoms with van der Waals surface area (Å²) in [6.45, 7) is 4.08. The normalized spacial score (nSPS) is 15.3. The van der Waals surface area contributed by atoms with Crippen LogP contribution in [0.2, 0.25) is 0 Å². The van der Waals surface area contributed by atoms with E-state index in [2.05, 4.69) is 11.0 Å². The molecule has 19 heavy (non-hydrogen) atoms. The van der Waals surface area contributed by atoms with Gasteiger partial charge in [0, 0.05) is 24.0 Å². The number of rotatable bonds is 2. The van der Waals surface area contributed by atoms with Crippen LogP contribution in [-0.4, -0.2) is 17.8 Å². The van der Waals surface area contributed by atoms with Gasteiger partial charge in [0.15, 0.2) is 0 Å². The van der Waals surface area contributed by atoms with Crippen molar-refractivity contribution in [2.75, 3.05) is 23.8 Å². The Morgan fingerprint density at radius 3 is 2.58 bits per heavy atom. The maximum Gasteiger partial charge on any atom is 0.274 e. The van der Waals surface area contributed by atoms with Gasteiger partial charge in [-0.05, 0) is 25.3 Å². The van der Waals surface area contributed by atoms with Crippen LogP contribution in [0.3, 0.4) is 0 Å². The molecule has 2 aromatic rings. The summed E-state index contributed by atoms with van der Waals surface area (Å²) in [4.78, 5) is 14.7. The lowest BCUT2D eigenvalue weighted by Crippen LogP contribution is -2.33. The molecule has 1 aliphatic heterocycles. The van der Waals surface area contributed by atoms with Gasteiger partial charge in [-0.3, -0.25) is 4.79 Å². The van der Waals surface area contributed by atoms with E-state index in [0.29, 0.717) is 6.42 Å². The first kappa shape index (κ1) is 12.1. The van der Waals surface area contributed by atoms with Crippen molar-refractivity contribution in [2.24, 2.45) is 0 Å². The van der Waals surface area contributed by atoms with Crippen molar-refractivity contribution in [3.8, 4) is 0 Å². The number of benzene rings is 1. The Morgan fingerprint density at radius 2 is 1.89 bits per heavy atom. The summed E-state index contributed by atoms with van der Waals surface area (Å²) < 4.78 is 1.29. The highest BCUT2D eigenvalue weighted by molar-refractivity contribution is 5.93. The number of nitrogen functional groups attached to an aromatic ring is 1. The van der Waals surface area contributed by atoms with Crippen LogP contribution >= 0.6 is 0 Å². The zero-order valence-corrected chi connectivity index (χ0v) is 11.2. The van der Waals surface area contributed by atoms with Crippen molar-refractivity contribution in [3.63, 3.8) is 0 Å². The van der Waals surface area contributed by atoms with Crippen LogP contribution in [-0.2, 0) is 6.42 Å². The fraction of sp³-hybridized carbons (Fsp3) is 0.400. The van der Waals surface area contributed by atoms with Gasteiger partial charge in [0.1, 0.15) is 0 Å². The highest BCUT2D eigenvalue weighted by Crippen LogP contribution is 2.30. The van der Waals surface area contributed by atoms with Crippen molar-refractivity contribution < 1.29 is 0 Å². The average Bonchev–Trinajstić information content (AvgIpc) is 2.96. The Labute approximate surface area is 112 Å². The van der Waals surface area contributed by atoms with E-state index in [1.807, 2.05) is 25.1 Å². The lowest BCUT2D eigenvalue weighted by atomic mass is 10.1. The van der Waals surface area contributed by atoms with Gasteiger partial charge in [-0.15, -0.1) is 0 Å². The molecule has 0 atom stereocenters. The molecule has 3 rings (SSSR count). The molecular weight excluding hydrogens is 238 g/mol. The quantitative estimate of drug-likeness (QED) is 0.836. The Bertz CT molecular complexity index is 669. The van der Waals surface area contributed by atoms with E-state index in [1.54, 1.807) is 0 Å². The lowest BCUT2D eigenvalue weighted by Gasteiger charge is -2.23. The van der Waals surface area contributed by atoms with Gasteiger partial charge in [0.25, 0.3) is 5.56 Å². The van der Waals surface area contributed by atoms with Crippen LogP contribution in [0.25, 0.3) is 10.9 Å². The van der Waals surface area contributed by atoms with Gasteiger partial charge in [-0.25, -0.2) is 4.68 Å². The smallest absolute Gasteiger partial charge is 0.274 e. The molecule has 1 fully saturated rings. The highest BCUT2D eigenvalue weighted by Gasteiger charge is 2.21. The summed E-state index contributed by atoms with van der Waals surface area (Å²) in [5, 5.41) is 1.09. The van der Waals surface area contributed by atoms with E-state index in [0.717, 1.165) is 35.2 Å².